The van der Waals surface area contributed by atoms with Gasteiger partial charge in [0, 0.05) is 32.7 Å². The fourth-order valence-electron chi connectivity index (χ4n) is 2.68. The van der Waals surface area contributed by atoms with E-state index < -0.39 is 0 Å². The molecule has 2 atom stereocenters. The van der Waals surface area contributed by atoms with Crippen LogP contribution in [0.5, 0.6) is 0 Å². The van der Waals surface area contributed by atoms with Crippen molar-refractivity contribution in [2.75, 3.05) is 26.2 Å². The van der Waals surface area contributed by atoms with Crippen molar-refractivity contribution in [1.82, 2.24) is 9.80 Å². The maximum Gasteiger partial charge on any atom is 0.239 e. The third-order valence-corrected chi connectivity index (χ3v) is 4.48. The summed E-state index contributed by atoms with van der Waals surface area (Å²) in [6, 6.07) is 10.1. The molecule has 2 N–H and O–H groups in total. The van der Waals surface area contributed by atoms with E-state index in [4.69, 9.17) is 5.73 Å². The van der Waals surface area contributed by atoms with Gasteiger partial charge in [0.1, 0.15) is 0 Å². The average molecular weight is 289 g/mol. The van der Waals surface area contributed by atoms with Gasteiger partial charge in [0.05, 0.1) is 6.04 Å². The van der Waals surface area contributed by atoms with E-state index in [1.165, 1.54) is 5.56 Å². The molecule has 1 amide bonds. The van der Waals surface area contributed by atoms with Crippen molar-refractivity contribution in [3.05, 3.63) is 35.9 Å². The molecule has 1 aromatic rings. The molecular weight excluding hydrogens is 262 g/mol. The maximum atomic E-state index is 12.3. The molecule has 4 heteroatoms. The summed E-state index contributed by atoms with van der Waals surface area (Å²) in [6.45, 7) is 8.51. The number of carbonyl (C=O) groups is 1. The van der Waals surface area contributed by atoms with Crippen LogP contribution >= 0.6 is 0 Å². The van der Waals surface area contributed by atoms with E-state index >= 15 is 0 Å². The number of benzene rings is 1. The van der Waals surface area contributed by atoms with Crippen molar-refractivity contribution in [2.45, 2.75) is 32.9 Å². The highest BCUT2D eigenvalue weighted by molar-refractivity contribution is 5.82. The highest BCUT2D eigenvalue weighted by Crippen LogP contribution is 2.12. The van der Waals surface area contributed by atoms with Gasteiger partial charge in [-0.1, -0.05) is 50.6 Å². The summed E-state index contributed by atoms with van der Waals surface area (Å²) in [7, 11) is 0. The Labute approximate surface area is 127 Å². The van der Waals surface area contributed by atoms with Gasteiger partial charge >= 0.3 is 0 Å². The van der Waals surface area contributed by atoms with Crippen molar-refractivity contribution >= 4 is 5.91 Å². The lowest BCUT2D eigenvalue weighted by Gasteiger charge is -2.36. The van der Waals surface area contributed by atoms with E-state index in [0.717, 1.165) is 39.1 Å². The van der Waals surface area contributed by atoms with Crippen LogP contribution < -0.4 is 5.73 Å². The molecule has 0 bridgehead atoms. The average Bonchev–Trinajstić information content (AvgIpc) is 2.54. The summed E-state index contributed by atoms with van der Waals surface area (Å²) in [5.74, 6) is 0.364. The highest BCUT2D eigenvalue weighted by atomic mass is 16.2. The predicted octanol–water partition coefficient (Wildman–Crippen LogP) is 1.70. The second kappa shape index (κ2) is 7.57. The Morgan fingerprint density at radius 1 is 1.19 bits per heavy atom. The van der Waals surface area contributed by atoms with E-state index in [1.54, 1.807) is 0 Å². The molecule has 1 heterocycles. The quantitative estimate of drug-likeness (QED) is 0.897. The van der Waals surface area contributed by atoms with Crippen LogP contribution in [-0.4, -0.2) is 47.9 Å². The Balaban J connectivity index is 1.81. The number of hydrogen-bond donors (Lipinski definition) is 1. The van der Waals surface area contributed by atoms with Crippen LogP contribution in [0, 0.1) is 5.92 Å². The molecule has 21 heavy (non-hydrogen) atoms. The van der Waals surface area contributed by atoms with Crippen LogP contribution in [0.2, 0.25) is 0 Å². The van der Waals surface area contributed by atoms with Gasteiger partial charge in [0.25, 0.3) is 0 Å². The molecule has 116 valence electrons. The number of hydrogen-bond acceptors (Lipinski definition) is 3. The number of piperazine rings is 1. The third kappa shape index (κ3) is 4.29. The first-order chi connectivity index (χ1) is 10.1. The Kier molecular flexibility index (Phi) is 5.76. The largest absolute Gasteiger partial charge is 0.339 e. The summed E-state index contributed by atoms with van der Waals surface area (Å²) in [6.07, 6.45) is 0.945. The lowest BCUT2D eigenvalue weighted by Crippen LogP contribution is -2.54. The predicted molar refractivity (Wildman–Crippen MR) is 85.7 cm³/mol. The monoisotopic (exact) mass is 289 g/mol. The van der Waals surface area contributed by atoms with Gasteiger partial charge in [-0.2, -0.15) is 0 Å². The number of nitrogens with zero attached hydrogens (tertiary/aromatic N) is 2. The fraction of sp³-hybridized carbons (Fsp3) is 0.588. The molecule has 0 radical (unpaired) electrons. The molecule has 1 aliphatic rings. The van der Waals surface area contributed by atoms with Crippen molar-refractivity contribution < 1.29 is 4.79 Å². The van der Waals surface area contributed by atoms with Crippen LogP contribution in [-0.2, 0) is 11.3 Å². The van der Waals surface area contributed by atoms with Gasteiger partial charge < -0.3 is 10.6 Å². The smallest absolute Gasteiger partial charge is 0.239 e. The highest BCUT2D eigenvalue weighted by Gasteiger charge is 2.27. The van der Waals surface area contributed by atoms with Crippen molar-refractivity contribution in [2.24, 2.45) is 11.7 Å². The standard InChI is InChI=1S/C17H27N3O/c1-3-14(2)16(18)17(21)20-11-9-19(10-12-20)13-15-7-5-4-6-8-15/h4-8,14,16H,3,9-13,18H2,1-2H3/t14-,16-/m1/s1. The first-order valence-electron chi connectivity index (χ1n) is 7.92. The van der Waals surface area contributed by atoms with E-state index in [0.29, 0.717) is 0 Å². The molecule has 0 unspecified atom stereocenters. The zero-order valence-corrected chi connectivity index (χ0v) is 13.2. The van der Waals surface area contributed by atoms with Crippen LogP contribution in [0.25, 0.3) is 0 Å². The number of nitrogens with two attached hydrogens (primary N) is 1. The fourth-order valence-corrected chi connectivity index (χ4v) is 2.68. The Morgan fingerprint density at radius 2 is 1.81 bits per heavy atom. The summed E-state index contributed by atoms with van der Waals surface area (Å²) >= 11 is 0. The van der Waals surface area contributed by atoms with Gasteiger partial charge in [-0.15, -0.1) is 0 Å². The second-order valence-corrected chi connectivity index (χ2v) is 6.00. The normalized spacial score (nSPS) is 19.3. The van der Waals surface area contributed by atoms with Gasteiger partial charge in [0.2, 0.25) is 5.91 Å². The Bertz CT molecular complexity index is 441. The molecular formula is C17H27N3O. The van der Waals surface area contributed by atoms with Crippen LogP contribution in [0.4, 0.5) is 0 Å². The summed E-state index contributed by atoms with van der Waals surface area (Å²) < 4.78 is 0. The van der Waals surface area contributed by atoms with Crippen LogP contribution in [0.1, 0.15) is 25.8 Å². The number of amides is 1. The molecule has 1 aliphatic heterocycles. The molecule has 0 aromatic heterocycles. The zero-order valence-electron chi connectivity index (χ0n) is 13.2. The van der Waals surface area contributed by atoms with Crippen molar-refractivity contribution in [3.8, 4) is 0 Å². The zero-order chi connectivity index (χ0) is 15.2. The maximum absolute atomic E-state index is 12.3. The van der Waals surface area contributed by atoms with E-state index in [2.05, 4.69) is 36.1 Å². The van der Waals surface area contributed by atoms with Gasteiger partial charge in [0.15, 0.2) is 0 Å². The summed E-state index contributed by atoms with van der Waals surface area (Å²) in [4.78, 5) is 16.7. The SMILES string of the molecule is CC[C@@H](C)[C@@H](N)C(=O)N1CCN(Cc2ccccc2)CC1. The summed E-state index contributed by atoms with van der Waals surface area (Å²) in [5.41, 5.74) is 7.38. The van der Waals surface area contributed by atoms with Gasteiger partial charge in [-0.3, -0.25) is 9.69 Å². The van der Waals surface area contributed by atoms with Crippen molar-refractivity contribution in [3.63, 3.8) is 0 Å². The van der Waals surface area contributed by atoms with E-state index in [-0.39, 0.29) is 17.9 Å². The molecule has 2 rings (SSSR count). The molecule has 0 spiro atoms. The Hall–Kier alpha value is -1.39. The second-order valence-electron chi connectivity index (χ2n) is 6.00. The van der Waals surface area contributed by atoms with Gasteiger partial charge in [-0.05, 0) is 11.5 Å². The molecule has 1 aromatic carbocycles. The lowest BCUT2D eigenvalue weighted by atomic mass is 9.98. The molecule has 1 saturated heterocycles. The minimum atomic E-state index is -0.351. The van der Waals surface area contributed by atoms with Crippen molar-refractivity contribution in [1.29, 1.82) is 0 Å². The van der Waals surface area contributed by atoms with E-state index in [9.17, 15) is 4.79 Å². The minimum Gasteiger partial charge on any atom is -0.339 e. The lowest BCUT2D eigenvalue weighted by molar-refractivity contribution is -0.135. The van der Waals surface area contributed by atoms with Gasteiger partial charge in [-0.25, -0.2) is 0 Å². The third-order valence-electron chi connectivity index (χ3n) is 4.48. The van der Waals surface area contributed by atoms with E-state index in [1.807, 2.05) is 17.9 Å². The summed E-state index contributed by atoms with van der Waals surface area (Å²) in [5, 5.41) is 0. The van der Waals surface area contributed by atoms with Crippen LogP contribution in [0.3, 0.4) is 0 Å². The van der Waals surface area contributed by atoms with Crippen LogP contribution in [0.15, 0.2) is 30.3 Å². The molecule has 0 saturated carbocycles. The number of rotatable bonds is 5. The minimum absolute atomic E-state index is 0.115. The molecule has 4 nitrogen and oxygen atoms in total. The molecule has 0 aliphatic carbocycles. The first-order valence-corrected chi connectivity index (χ1v) is 7.92. The first kappa shape index (κ1) is 16.0. The Morgan fingerprint density at radius 3 is 2.38 bits per heavy atom. The number of carbonyl (C=O) groups excluding carboxylic acids is 1. The molecule has 1 fully saturated rings. The topological polar surface area (TPSA) is 49.6 Å².